The minimum Gasteiger partial charge on any atom is -0.496 e. The highest BCUT2D eigenvalue weighted by molar-refractivity contribution is 9.10. The number of hydrogen-bond acceptors (Lipinski definition) is 3. The number of carbonyl (C=O) groups excluding carboxylic acids is 2. The Labute approximate surface area is 120 Å². The van der Waals surface area contributed by atoms with Crippen LogP contribution < -0.4 is 15.4 Å². The molecule has 0 spiro atoms. The summed E-state index contributed by atoms with van der Waals surface area (Å²) in [4.78, 5) is 22.5. The van der Waals surface area contributed by atoms with E-state index in [2.05, 4.69) is 26.6 Å². The minimum absolute atomic E-state index is 0.0644. The number of carbonyl (C=O) groups is 2. The third-order valence-electron chi connectivity index (χ3n) is 2.43. The number of methoxy groups -OCH3 is 1. The lowest BCUT2D eigenvalue weighted by Crippen LogP contribution is -2.28. The number of halogens is 1. The maximum atomic E-state index is 11.8. The zero-order chi connectivity index (χ0) is 14.3. The Kier molecular flexibility index (Phi) is 6.35. The minimum atomic E-state index is -0.147. The molecule has 0 fully saturated rings. The van der Waals surface area contributed by atoms with Gasteiger partial charge in [0.1, 0.15) is 5.75 Å². The Morgan fingerprint density at radius 1 is 1.26 bits per heavy atom. The molecule has 0 aliphatic heterocycles. The van der Waals surface area contributed by atoms with Gasteiger partial charge in [-0.3, -0.25) is 9.59 Å². The van der Waals surface area contributed by atoms with Gasteiger partial charge in [0, 0.05) is 25.6 Å². The topological polar surface area (TPSA) is 67.4 Å². The molecule has 0 aliphatic rings. The second-order valence-corrected chi connectivity index (χ2v) is 4.80. The van der Waals surface area contributed by atoms with Gasteiger partial charge in [-0.05, 0) is 40.5 Å². The number of hydrogen-bond donors (Lipinski definition) is 2. The fourth-order valence-corrected chi connectivity index (χ4v) is 2.01. The second kappa shape index (κ2) is 7.78. The Morgan fingerprint density at radius 2 is 1.95 bits per heavy atom. The molecule has 0 atom stereocenters. The summed E-state index contributed by atoms with van der Waals surface area (Å²) in [6.07, 6.45) is 0.697. The van der Waals surface area contributed by atoms with Crippen molar-refractivity contribution in [1.29, 1.82) is 0 Å². The first kappa shape index (κ1) is 15.5. The van der Waals surface area contributed by atoms with E-state index in [-0.39, 0.29) is 11.8 Å². The molecular formula is C13H17BrN2O3. The molecule has 1 rings (SSSR count). The maximum absolute atomic E-state index is 11.8. The van der Waals surface area contributed by atoms with E-state index in [9.17, 15) is 9.59 Å². The third-order valence-corrected chi connectivity index (χ3v) is 3.05. The number of nitrogens with one attached hydrogen (secondary N) is 2. The monoisotopic (exact) mass is 328 g/mol. The van der Waals surface area contributed by atoms with Crippen LogP contribution in [0.2, 0.25) is 0 Å². The predicted molar refractivity (Wildman–Crippen MR) is 76.3 cm³/mol. The molecule has 19 heavy (non-hydrogen) atoms. The zero-order valence-corrected chi connectivity index (χ0v) is 12.5. The van der Waals surface area contributed by atoms with Crippen molar-refractivity contribution in [3.05, 3.63) is 28.2 Å². The fraction of sp³-hybridized carbons (Fsp3) is 0.385. The molecule has 2 N–H and O–H groups in total. The third kappa shape index (κ3) is 5.30. The van der Waals surface area contributed by atoms with Crippen molar-refractivity contribution in [3.8, 4) is 5.75 Å². The molecule has 5 nitrogen and oxygen atoms in total. The van der Waals surface area contributed by atoms with E-state index >= 15 is 0 Å². The first-order valence-electron chi connectivity index (χ1n) is 5.90. The van der Waals surface area contributed by atoms with Crippen molar-refractivity contribution < 1.29 is 14.3 Å². The van der Waals surface area contributed by atoms with Crippen molar-refractivity contribution in [1.82, 2.24) is 10.6 Å². The number of rotatable bonds is 6. The van der Waals surface area contributed by atoms with Gasteiger partial charge in [-0.25, -0.2) is 0 Å². The zero-order valence-electron chi connectivity index (χ0n) is 11.0. The highest BCUT2D eigenvalue weighted by atomic mass is 79.9. The summed E-state index contributed by atoms with van der Waals surface area (Å²) in [6, 6.07) is 5.14. The van der Waals surface area contributed by atoms with Gasteiger partial charge >= 0.3 is 0 Å². The lowest BCUT2D eigenvalue weighted by atomic mass is 10.2. The molecule has 6 heteroatoms. The first-order chi connectivity index (χ1) is 9.04. The molecule has 0 aromatic heterocycles. The van der Waals surface area contributed by atoms with E-state index in [0.29, 0.717) is 30.8 Å². The average molecular weight is 329 g/mol. The summed E-state index contributed by atoms with van der Waals surface area (Å²) in [6.45, 7) is 2.54. The highest BCUT2D eigenvalue weighted by Gasteiger charge is 2.08. The molecule has 0 radical (unpaired) electrons. The molecule has 0 bridgehead atoms. The normalized spacial score (nSPS) is 9.84. The van der Waals surface area contributed by atoms with Gasteiger partial charge in [0.05, 0.1) is 11.6 Å². The van der Waals surface area contributed by atoms with Crippen LogP contribution in [0.25, 0.3) is 0 Å². The van der Waals surface area contributed by atoms with E-state index in [1.165, 1.54) is 6.92 Å². The SMILES string of the molecule is COc1ccc(C(=O)NCCCNC(C)=O)cc1Br. The van der Waals surface area contributed by atoms with Crippen LogP contribution in [-0.2, 0) is 4.79 Å². The average Bonchev–Trinajstić information content (AvgIpc) is 2.37. The van der Waals surface area contributed by atoms with Crippen molar-refractivity contribution >= 4 is 27.7 Å². The van der Waals surface area contributed by atoms with E-state index in [0.717, 1.165) is 4.47 Å². The van der Waals surface area contributed by atoms with Gasteiger partial charge in [-0.1, -0.05) is 0 Å². The van der Waals surface area contributed by atoms with Crippen molar-refractivity contribution in [2.75, 3.05) is 20.2 Å². The quantitative estimate of drug-likeness (QED) is 0.781. The lowest BCUT2D eigenvalue weighted by molar-refractivity contribution is -0.118. The van der Waals surface area contributed by atoms with Crippen LogP contribution in [-0.4, -0.2) is 32.0 Å². The molecule has 0 unspecified atom stereocenters. The number of ether oxygens (including phenoxy) is 1. The molecule has 0 aliphatic carbocycles. The van der Waals surface area contributed by atoms with Crippen molar-refractivity contribution in [2.45, 2.75) is 13.3 Å². The van der Waals surface area contributed by atoms with Crippen LogP contribution in [0.4, 0.5) is 0 Å². The molecule has 2 amide bonds. The standard InChI is InChI=1S/C13H17BrN2O3/c1-9(17)15-6-3-7-16-13(18)10-4-5-12(19-2)11(14)8-10/h4-5,8H,3,6-7H2,1-2H3,(H,15,17)(H,16,18). The van der Waals surface area contributed by atoms with Crippen LogP contribution >= 0.6 is 15.9 Å². The molecule has 1 aromatic carbocycles. The molecule has 0 heterocycles. The van der Waals surface area contributed by atoms with Crippen LogP contribution in [0.3, 0.4) is 0 Å². The van der Waals surface area contributed by atoms with E-state index in [4.69, 9.17) is 4.74 Å². The van der Waals surface area contributed by atoms with Gasteiger partial charge in [0.25, 0.3) is 5.91 Å². The second-order valence-electron chi connectivity index (χ2n) is 3.94. The van der Waals surface area contributed by atoms with Gasteiger partial charge in [-0.15, -0.1) is 0 Å². The fourth-order valence-electron chi connectivity index (χ4n) is 1.46. The molecule has 0 saturated heterocycles. The van der Waals surface area contributed by atoms with Gasteiger partial charge < -0.3 is 15.4 Å². The Hall–Kier alpha value is -1.56. The summed E-state index contributed by atoms with van der Waals surface area (Å²) in [5.41, 5.74) is 0.562. The number of benzene rings is 1. The van der Waals surface area contributed by atoms with Crippen LogP contribution in [0.5, 0.6) is 5.75 Å². The highest BCUT2D eigenvalue weighted by Crippen LogP contribution is 2.25. The Balaban J connectivity index is 2.41. The lowest BCUT2D eigenvalue weighted by Gasteiger charge is -2.08. The molecular weight excluding hydrogens is 312 g/mol. The molecule has 1 aromatic rings. The number of amides is 2. The van der Waals surface area contributed by atoms with Crippen molar-refractivity contribution in [2.24, 2.45) is 0 Å². The smallest absolute Gasteiger partial charge is 0.251 e. The van der Waals surface area contributed by atoms with Gasteiger partial charge in [0.2, 0.25) is 5.91 Å². The van der Waals surface area contributed by atoms with Gasteiger partial charge in [0.15, 0.2) is 0 Å². The Bertz CT molecular complexity index is 463. The molecule has 104 valence electrons. The van der Waals surface area contributed by atoms with Crippen molar-refractivity contribution in [3.63, 3.8) is 0 Å². The summed E-state index contributed by atoms with van der Waals surface area (Å²) >= 11 is 3.33. The summed E-state index contributed by atoms with van der Waals surface area (Å²) in [5, 5.41) is 5.45. The summed E-state index contributed by atoms with van der Waals surface area (Å²) in [7, 11) is 1.57. The van der Waals surface area contributed by atoms with E-state index in [1.54, 1.807) is 25.3 Å². The van der Waals surface area contributed by atoms with E-state index in [1.807, 2.05) is 0 Å². The summed E-state index contributed by atoms with van der Waals surface area (Å²) in [5.74, 6) is 0.471. The Morgan fingerprint density at radius 3 is 2.53 bits per heavy atom. The van der Waals surface area contributed by atoms with Crippen LogP contribution in [0.1, 0.15) is 23.7 Å². The predicted octanol–water partition coefficient (Wildman–Crippen LogP) is 1.71. The maximum Gasteiger partial charge on any atom is 0.251 e. The van der Waals surface area contributed by atoms with E-state index < -0.39 is 0 Å². The van der Waals surface area contributed by atoms with Crippen LogP contribution in [0, 0.1) is 0 Å². The largest absolute Gasteiger partial charge is 0.496 e. The first-order valence-corrected chi connectivity index (χ1v) is 6.70. The van der Waals surface area contributed by atoms with Crippen LogP contribution in [0.15, 0.2) is 22.7 Å². The van der Waals surface area contributed by atoms with Gasteiger partial charge in [-0.2, -0.15) is 0 Å². The summed E-state index contributed by atoms with van der Waals surface area (Å²) < 4.78 is 5.83. The molecule has 0 saturated carbocycles.